The summed E-state index contributed by atoms with van der Waals surface area (Å²) in [5, 5.41) is 6.78. The van der Waals surface area contributed by atoms with E-state index in [0.29, 0.717) is 21.9 Å². The average Bonchev–Trinajstić information content (AvgIpc) is 3.13. The van der Waals surface area contributed by atoms with Crippen LogP contribution in [-0.4, -0.2) is 25.5 Å². The van der Waals surface area contributed by atoms with Gasteiger partial charge in [-0.25, -0.2) is 5.43 Å². The zero-order chi connectivity index (χ0) is 15.4. The molecule has 0 bridgehead atoms. The van der Waals surface area contributed by atoms with Gasteiger partial charge < -0.3 is 19.2 Å². The Morgan fingerprint density at radius 3 is 2.95 bits per heavy atom. The molecule has 1 aromatic heterocycles. The fraction of sp³-hybridized carbons (Fsp3) is 0.143. The van der Waals surface area contributed by atoms with Gasteiger partial charge >= 0.3 is 0 Å². The molecule has 2 heterocycles. The molecule has 7 nitrogen and oxygen atoms in total. The molecule has 0 atom stereocenters. The second-order valence-corrected chi connectivity index (χ2v) is 5.14. The summed E-state index contributed by atoms with van der Waals surface area (Å²) in [6.45, 7) is 0.301. The molecular formula is C14H12BrN3O4. The monoisotopic (exact) mass is 365 g/mol. The number of nitrogens with zero attached hydrogens (tertiary/aromatic N) is 1. The topological polar surface area (TPSA) is 85.1 Å². The number of carbonyl (C=O) groups is 1. The molecule has 0 aliphatic carbocycles. The molecule has 1 amide bonds. The van der Waals surface area contributed by atoms with Gasteiger partial charge in [-0.15, -0.1) is 0 Å². The van der Waals surface area contributed by atoms with Crippen molar-refractivity contribution in [1.29, 1.82) is 0 Å². The molecule has 0 saturated heterocycles. The van der Waals surface area contributed by atoms with Crippen LogP contribution in [0.5, 0.6) is 11.5 Å². The fourth-order valence-corrected chi connectivity index (χ4v) is 2.11. The van der Waals surface area contributed by atoms with Gasteiger partial charge in [0.25, 0.3) is 5.91 Å². The van der Waals surface area contributed by atoms with E-state index in [0.717, 1.165) is 5.69 Å². The van der Waals surface area contributed by atoms with Gasteiger partial charge in [-0.05, 0) is 40.2 Å². The van der Waals surface area contributed by atoms with Gasteiger partial charge in [0.15, 0.2) is 16.2 Å². The Morgan fingerprint density at radius 2 is 2.14 bits per heavy atom. The van der Waals surface area contributed by atoms with Crippen LogP contribution in [-0.2, 0) is 4.79 Å². The number of hydrogen-bond acceptors (Lipinski definition) is 6. The van der Waals surface area contributed by atoms with E-state index in [2.05, 4.69) is 31.8 Å². The van der Waals surface area contributed by atoms with E-state index in [1.807, 2.05) is 6.07 Å². The highest BCUT2D eigenvalue weighted by Gasteiger charge is 2.13. The summed E-state index contributed by atoms with van der Waals surface area (Å²) >= 11 is 3.18. The third-order valence-electron chi connectivity index (χ3n) is 2.80. The highest BCUT2D eigenvalue weighted by atomic mass is 79.9. The number of hydrazone groups is 1. The summed E-state index contributed by atoms with van der Waals surface area (Å²) in [4.78, 5) is 11.7. The summed E-state index contributed by atoms with van der Waals surface area (Å²) in [5.41, 5.74) is 3.16. The van der Waals surface area contributed by atoms with Crippen LogP contribution >= 0.6 is 15.9 Å². The van der Waals surface area contributed by atoms with Crippen molar-refractivity contribution in [1.82, 2.24) is 5.43 Å². The van der Waals surface area contributed by atoms with Crippen LogP contribution in [0.4, 0.5) is 5.69 Å². The maximum absolute atomic E-state index is 11.7. The van der Waals surface area contributed by atoms with Crippen molar-refractivity contribution >= 4 is 33.7 Å². The van der Waals surface area contributed by atoms with Crippen LogP contribution < -0.4 is 20.2 Å². The van der Waals surface area contributed by atoms with Crippen LogP contribution in [0.15, 0.2) is 44.5 Å². The maximum atomic E-state index is 11.7. The SMILES string of the molecule is O=C(CNc1ccc2c(c1)OCO2)N/N=C/c1ccc(Br)o1. The van der Waals surface area contributed by atoms with Crippen molar-refractivity contribution in [2.45, 2.75) is 0 Å². The quantitative estimate of drug-likeness (QED) is 0.627. The Kier molecular flexibility index (Phi) is 4.29. The smallest absolute Gasteiger partial charge is 0.259 e. The zero-order valence-corrected chi connectivity index (χ0v) is 12.9. The lowest BCUT2D eigenvalue weighted by atomic mass is 10.3. The Hall–Kier alpha value is -2.48. The van der Waals surface area contributed by atoms with Crippen LogP contribution in [0.2, 0.25) is 0 Å². The molecule has 3 rings (SSSR count). The third-order valence-corrected chi connectivity index (χ3v) is 3.23. The minimum atomic E-state index is -0.278. The number of fused-ring (bicyclic) bond motifs is 1. The normalized spacial score (nSPS) is 12.6. The lowest BCUT2D eigenvalue weighted by Crippen LogP contribution is -2.25. The summed E-state index contributed by atoms with van der Waals surface area (Å²) in [6, 6.07) is 8.84. The van der Waals surface area contributed by atoms with E-state index < -0.39 is 0 Å². The minimum Gasteiger partial charge on any atom is -0.454 e. The predicted octanol–water partition coefficient (Wildman–Crippen LogP) is 2.33. The Morgan fingerprint density at radius 1 is 1.27 bits per heavy atom. The third kappa shape index (κ3) is 3.59. The first-order valence-corrected chi connectivity index (χ1v) is 7.21. The lowest BCUT2D eigenvalue weighted by Gasteiger charge is -2.05. The molecule has 8 heteroatoms. The lowest BCUT2D eigenvalue weighted by molar-refractivity contribution is -0.119. The number of halogens is 1. The molecule has 22 heavy (non-hydrogen) atoms. The Balaban J connectivity index is 1.47. The number of anilines is 1. The molecule has 1 aromatic carbocycles. The fourth-order valence-electron chi connectivity index (χ4n) is 1.79. The molecule has 1 aliphatic heterocycles. The van der Waals surface area contributed by atoms with Crippen LogP contribution in [0, 0.1) is 0 Å². The van der Waals surface area contributed by atoms with Gasteiger partial charge in [0, 0.05) is 11.8 Å². The van der Waals surface area contributed by atoms with E-state index in [4.69, 9.17) is 13.9 Å². The van der Waals surface area contributed by atoms with E-state index in [9.17, 15) is 4.79 Å². The van der Waals surface area contributed by atoms with Crippen molar-refractivity contribution in [3.8, 4) is 11.5 Å². The molecule has 0 saturated carbocycles. The van der Waals surface area contributed by atoms with E-state index in [1.54, 1.807) is 24.3 Å². The molecule has 2 aromatic rings. The van der Waals surface area contributed by atoms with Gasteiger partial charge in [0.1, 0.15) is 5.76 Å². The second kappa shape index (κ2) is 6.52. The molecule has 2 N–H and O–H groups in total. The van der Waals surface area contributed by atoms with Crippen LogP contribution in [0.1, 0.15) is 5.76 Å². The van der Waals surface area contributed by atoms with Gasteiger partial charge in [0.05, 0.1) is 12.8 Å². The number of rotatable bonds is 5. The van der Waals surface area contributed by atoms with E-state index >= 15 is 0 Å². The first kappa shape index (κ1) is 14.5. The minimum absolute atomic E-state index is 0.0822. The Bertz CT molecular complexity index is 714. The molecule has 114 valence electrons. The van der Waals surface area contributed by atoms with E-state index in [-0.39, 0.29) is 19.2 Å². The van der Waals surface area contributed by atoms with Crippen molar-refractivity contribution in [2.75, 3.05) is 18.7 Å². The van der Waals surface area contributed by atoms with Crippen LogP contribution in [0.25, 0.3) is 0 Å². The van der Waals surface area contributed by atoms with Gasteiger partial charge in [0.2, 0.25) is 6.79 Å². The first-order valence-electron chi connectivity index (χ1n) is 6.41. The summed E-state index contributed by atoms with van der Waals surface area (Å²) < 4.78 is 16.3. The number of furan rings is 1. The highest BCUT2D eigenvalue weighted by molar-refractivity contribution is 9.10. The molecular weight excluding hydrogens is 354 g/mol. The summed E-state index contributed by atoms with van der Waals surface area (Å²) in [7, 11) is 0. The molecule has 1 aliphatic rings. The molecule has 0 spiro atoms. The number of carbonyl (C=O) groups excluding carboxylic acids is 1. The maximum Gasteiger partial charge on any atom is 0.259 e. The molecule has 0 unspecified atom stereocenters. The van der Waals surface area contributed by atoms with Crippen molar-refractivity contribution in [2.24, 2.45) is 5.10 Å². The van der Waals surface area contributed by atoms with Crippen molar-refractivity contribution in [3.05, 3.63) is 40.8 Å². The highest BCUT2D eigenvalue weighted by Crippen LogP contribution is 2.34. The number of nitrogens with one attached hydrogen (secondary N) is 2. The summed E-state index contributed by atoms with van der Waals surface area (Å²) in [5.74, 6) is 1.62. The number of amides is 1. The van der Waals surface area contributed by atoms with Gasteiger partial charge in [-0.2, -0.15) is 5.10 Å². The molecule has 0 radical (unpaired) electrons. The average molecular weight is 366 g/mol. The van der Waals surface area contributed by atoms with E-state index in [1.165, 1.54) is 6.21 Å². The first-order chi connectivity index (χ1) is 10.7. The van der Waals surface area contributed by atoms with Gasteiger partial charge in [-0.1, -0.05) is 0 Å². The standard InChI is InChI=1S/C14H12BrN3O4/c15-13-4-2-10(22-13)6-17-18-14(19)7-16-9-1-3-11-12(5-9)21-8-20-11/h1-6,16H,7-8H2,(H,18,19)/b17-6+. The molecule has 0 fully saturated rings. The summed E-state index contributed by atoms with van der Waals surface area (Å²) in [6.07, 6.45) is 1.42. The zero-order valence-electron chi connectivity index (χ0n) is 11.3. The Labute approximate surface area is 134 Å². The van der Waals surface area contributed by atoms with Crippen LogP contribution in [0.3, 0.4) is 0 Å². The van der Waals surface area contributed by atoms with Crippen molar-refractivity contribution < 1.29 is 18.7 Å². The van der Waals surface area contributed by atoms with Crippen molar-refractivity contribution in [3.63, 3.8) is 0 Å². The van der Waals surface area contributed by atoms with Gasteiger partial charge in [-0.3, -0.25) is 4.79 Å². The number of benzene rings is 1. The largest absolute Gasteiger partial charge is 0.454 e. The number of ether oxygens (including phenoxy) is 2. The second-order valence-electron chi connectivity index (χ2n) is 4.36. The number of hydrogen-bond donors (Lipinski definition) is 2. The predicted molar refractivity (Wildman–Crippen MR) is 83.2 cm³/mol.